The number of hydrogen-bond donors (Lipinski definition) is 0. The van der Waals surface area contributed by atoms with Gasteiger partial charge >= 0.3 is 0 Å². The molecule has 1 aliphatic rings. The van der Waals surface area contributed by atoms with Gasteiger partial charge in [0.1, 0.15) is 5.75 Å². The van der Waals surface area contributed by atoms with Gasteiger partial charge in [-0.25, -0.2) is 4.68 Å². The number of aromatic nitrogens is 3. The van der Waals surface area contributed by atoms with E-state index < -0.39 is 0 Å². The number of rotatable bonds is 6. The molecule has 0 aliphatic carbocycles. The number of pyridine rings is 1. The van der Waals surface area contributed by atoms with E-state index in [9.17, 15) is 0 Å². The van der Waals surface area contributed by atoms with Gasteiger partial charge < -0.3 is 4.74 Å². The summed E-state index contributed by atoms with van der Waals surface area (Å²) in [5.74, 6) is 1.56. The standard InChI is InChI=1S/C21H24N4O/c1-26-20-6-7-21(25-11-4-10-23-25)18(14-20)16-24-12-8-17(15-24)13-19-5-2-3-9-22-19/h2-7,9-11,14,17H,8,12-13,15-16H2,1H3. The lowest BCUT2D eigenvalue weighted by molar-refractivity contribution is 0.314. The number of nitrogens with zero attached hydrogens (tertiary/aromatic N) is 4. The van der Waals surface area contributed by atoms with Crippen molar-refractivity contribution >= 4 is 0 Å². The topological polar surface area (TPSA) is 43.2 Å². The molecule has 0 bridgehead atoms. The third kappa shape index (κ3) is 3.78. The Morgan fingerprint density at radius 3 is 2.88 bits per heavy atom. The second-order valence-electron chi connectivity index (χ2n) is 6.86. The van der Waals surface area contributed by atoms with Crippen molar-refractivity contribution < 1.29 is 4.74 Å². The van der Waals surface area contributed by atoms with Crippen LogP contribution in [0.1, 0.15) is 17.7 Å². The Kier molecular flexibility index (Phi) is 4.97. The lowest BCUT2D eigenvalue weighted by Crippen LogP contribution is -2.22. The number of methoxy groups -OCH3 is 1. The van der Waals surface area contributed by atoms with Gasteiger partial charge in [-0.15, -0.1) is 0 Å². The van der Waals surface area contributed by atoms with Gasteiger partial charge in [-0.3, -0.25) is 9.88 Å². The second-order valence-corrected chi connectivity index (χ2v) is 6.86. The first-order valence-corrected chi connectivity index (χ1v) is 9.11. The fraction of sp³-hybridized carbons (Fsp3) is 0.333. The largest absolute Gasteiger partial charge is 0.497 e. The summed E-state index contributed by atoms with van der Waals surface area (Å²) in [5, 5.41) is 4.40. The first-order chi connectivity index (χ1) is 12.8. The summed E-state index contributed by atoms with van der Waals surface area (Å²) in [6.07, 6.45) is 7.96. The summed E-state index contributed by atoms with van der Waals surface area (Å²) in [6, 6.07) is 14.3. The van der Waals surface area contributed by atoms with Crippen LogP contribution in [0.5, 0.6) is 5.75 Å². The zero-order valence-corrected chi connectivity index (χ0v) is 15.1. The highest BCUT2D eigenvalue weighted by atomic mass is 16.5. The number of ether oxygens (including phenoxy) is 1. The predicted octanol–water partition coefficient (Wildman–Crippen LogP) is 3.34. The van der Waals surface area contributed by atoms with Crippen LogP contribution in [0.2, 0.25) is 0 Å². The van der Waals surface area contributed by atoms with Crippen LogP contribution in [0.4, 0.5) is 0 Å². The molecular formula is C21H24N4O. The van der Waals surface area contributed by atoms with Crippen LogP contribution >= 0.6 is 0 Å². The molecule has 4 rings (SSSR count). The van der Waals surface area contributed by atoms with E-state index in [2.05, 4.69) is 39.2 Å². The zero-order valence-electron chi connectivity index (χ0n) is 15.1. The minimum atomic E-state index is 0.670. The van der Waals surface area contributed by atoms with E-state index in [1.165, 1.54) is 17.7 Å². The van der Waals surface area contributed by atoms with Crippen molar-refractivity contribution in [2.75, 3.05) is 20.2 Å². The maximum atomic E-state index is 5.44. The SMILES string of the molecule is COc1ccc(-n2cccn2)c(CN2CCC(Cc3ccccn3)C2)c1. The van der Waals surface area contributed by atoms with E-state index in [4.69, 9.17) is 4.74 Å². The molecule has 3 aromatic rings. The third-order valence-electron chi connectivity index (χ3n) is 5.03. The third-order valence-corrected chi connectivity index (χ3v) is 5.03. The van der Waals surface area contributed by atoms with Crippen molar-refractivity contribution in [3.63, 3.8) is 0 Å². The van der Waals surface area contributed by atoms with Gasteiger partial charge in [-0.2, -0.15) is 5.10 Å². The molecule has 2 aromatic heterocycles. The Balaban J connectivity index is 1.47. The van der Waals surface area contributed by atoms with E-state index in [0.717, 1.165) is 37.5 Å². The lowest BCUT2D eigenvalue weighted by atomic mass is 10.0. The van der Waals surface area contributed by atoms with Gasteiger partial charge in [-0.05, 0) is 67.3 Å². The lowest BCUT2D eigenvalue weighted by Gasteiger charge is -2.19. The van der Waals surface area contributed by atoms with Crippen molar-refractivity contribution in [2.24, 2.45) is 5.92 Å². The first-order valence-electron chi connectivity index (χ1n) is 9.11. The van der Waals surface area contributed by atoms with E-state index in [1.807, 2.05) is 41.5 Å². The van der Waals surface area contributed by atoms with Crippen molar-refractivity contribution in [1.82, 2.24) is 19.7 Å². The molecule has 0 amide bonds. The van der Waals surface area contributed by atoms with Crippen LogP contribution < -0.4 is 4.74 Å². The Morgan fingerprint density at radius 1 is 1.15 bits per heavy atom. The summed E-state index contributed by atoms with van der Waals surface area (Å²) < 4.78 is 7.36. The molecule has 0 N–H and O–H groups in total. The zero-order chi connectivity index (χ0) is 17.8. The van der Waals surface area contributed by atoms with Crippen molar-refractivity contribution in [2.45, 2.75) is 19.4 Å². The maximum absolute atomic E-state index is 5.44. The number of likely N-dealkylation sites (tertiary alicyclic amines) is 1. The second kappa shape index (κ2) is 7.70. The molecule has 26 heavy (non-hydrogen) atoms. The number of benzene rings is 1. The molecule has 3 heterocycles. The minimum Gasteiger partial charge on any atom is -0.497 e. The van der Waals surface area contributed by atoms with E-state index in [0.29, 0.717) is 5.92 Å². The van der Waals surface area contributed by atoms with Gasteiger partial charge in [-0.1, -0.05) is 6.07 Å². The average molecular weight is 348 g/mol. The summed E-state index contributed by atoms with van der Waals surface area (Å²) in [4.78, 5) is 7.00. The summed E-state index contributed by atoms with van der Waals surface area (Å²) >= 11 is 0. The smallest absolute Gasteiger partial charge is 0.119 e. The molecule has 134 valence electrons. The normalized spacial score (nSPS) is 17.5. The van der Waals surface area contributed by atoms with Gasteiger partial charge in [0.2, 0.25) is 0 Å². The summed E-state index contributed by atoms with van der Waals surface area (Å²) in [5.41, 5.74) is 3.55. The quantitative estimate of drug-likeness (QED) is 0.685. The molecule has 1 fully saturated rings. The predicted molar refractivity (Wildman–Crippen MR) is 101 cm³/mol. The molecule has 1 saturated heterocycles. The molecule has 0 radical (unpaired) electrons. The highest BCUT2D eigenvalue weighted by molar-refractivity contribution is 5.45. The summed E-state index contributed by atoms with van der Waals surface area (Å²) in [6.45, 7) is 3.13. The van der Waals surface area contributed by atoms with Crippen molar-refractivity contribution in [1.29, 1.82) is 0 Å². The molecule has 5 heteroatoms. The molecular weight excluding hydrogens is 324 g/mol. The molecule has 1 aromatic carbocycles. The van der Waals surface area contributed by atoms with Crippen LogP contribution in [-0.4, -0.2) is 39.9 Å². The highest BCUT2D eigenvalue weighted by Crippen LogP contribution is 2.26. The molecule has 0 saturated carbocycles. The maximum Gasteiger partial charge on any atom is 0.119 e. The van der Waals surface area contributed by atoms with Crippen LogP contribution in [0.15, 0.2) is 61.1 Å². The van der Waals surface area contributed by atoms with Crippen molar-refractivity contribution in [3.05, 3.63) is 72.3 Å². The van der Waals surface area contributed by atoms with E-state index in [1.54, 1.807) is 7.11 Å². The molecule has 1 unspecified atom stereocenters. The molecule has 1 atom stereocenters. The van der Waals surface area contributed by atoms with Crippen molar-refractivity contribution in [3.8, 4) is 11.4 Å². The molecule has 5 nitrogen and oxygen atoms in total. The average Bonchev–Trinajstić information content (AvgIpc) is 3.35. The Morgan fingerprint density at radius 2 is 2.12 bits per heavy atom. The monoisotopic (exact) mass is 348 g/mol. The molecule has 0 spiro atoms. The van der Waals surface area contributed by atoms with Crippen LogP contribution in [0.25, 0.3) is 5.69 Å². The first kappa shape index (κ1) is 16.8. The Bertz CT molecular complexity index is 832. The van der Waals surface area contributed by atoms with Crippen LogP contribution in [0, 0.1) is 5.92 Å². The number of hydrogen-bond acceptors (Lipinski definition) is 4. The van der Waals surface area contributed by atoms with Crippen LogP contribution in [0.3, 0.4) is 0 Å². The van der Waals surface area contributed by atoms with Crippen LogP contribution in [-0.2, 0) is 13.0 Å². The van der Waals surface area contributed by atoms with Gasteiger partial charge in [0.05, 0.1) is 12.8 Å². The van der Waals surface area contributed by atoms with Gasteiger partial charge in [0.25, 0.3) is 0 Å². The summed E-state index contributed by atoms with van der Waals surface area (Å²) in [7, 11) is 1.71. The highest BCUT2D eigenvalue weighted by Gasteiger charge is 2.24. The van der Waals surface area contributed by atoms with Gasteiger partial charge in [0, 0.05) is 37.4 Å². The fourth-order valence-corrected chi connectivity index (χ4v) is 3.73. The minimum absolute atomic E-state index is 0.670. The van der Waals surface area contributed by atoms with E-state index >= 15 is 0 Å². The van der Waals surface area contributed by atoms with Gasteiger partial charge in [0.15, 0.2) is 0 Å². The molecule has 1 aliphatic heterocycles. The Hall–Kier alpha value is -2.66. The fourth-order valence-electron chi connectivity index (χ4n) is 3.73. The van der Waals surface area contributed by atoms with E-state index in [-0.39, 0.29) is 0 Å². The Labute approximate surface area is 154 Å².